The number of nitrogens with one attached hydrogen (secondary N) is 1. The molecule has 0 aliphatic rings. The van der Waals surface area contributed by atoms with Crippen LogP contribution in [-0.4, -0.2) is 11.0 Å². The van der Waals surface area contributed by atoms with Gasteiger partial charge in [0.1, 0.15) is 5.75 Å². The maximum absolute atomic E-state index is 12.0. The molecule has 2 N–H and O–H groups in total. The largest absolute Gasteiger partial charge is 0.508 e. The summed E-state index contributed by atoms with van der Waals surface area (Å²) in [4.78, 5) is 12.0. The van der Waals surface area contributed by atoms with Crippen molar-refractivity contribution in [1.29, 1.82) is 0 Å². The van der Waals surface area contributed by atoms with Crippen molar-refractivity contribution in [3.63, 3.8) is 0 Å². The molecule has 3 nitrogen and oxygen atoms in total. The highest BCUT2D eigenvalue weighted by atomic mass is 35.5. The van der Waals surface area contributed by atoms with E-state index in [0.29, 0.717) is 15.7 Å². The fourth-order valence-corrected chi connectivity index (χ4v) is 2.14. The van der Waals surface area contributed by atoms with Gasteiger partial charge in [-0.2, -0.15) is 0 Å². The molecule has 0 aliphatic heterocycles. The second-order valence-corrected chi connectivity index (χ2v) is 5.29. The normalized spacial score (nSPS) is 10.3. The van der Waals surface area contributed by atoms with Crippen LogP contribution in [0, 0.1) is 6.92 Å². The Morgan fingerprint density at radius 1 is 1.15 bits per heavy atom. The van der Waals surface area contributed by atoms with Crippen LogP contribution in [0.3, 0.4) is 0 Å². The fraction of sp³-hybridized carbons (Fsp3) is 0.133. The van der Waals surface area contributed by atoms with Gasteiger partial charge in [0.15, 0.2) is 0 Å². The number of halogens is 2. The van der Waals surface area contributed by atoms with Gasteiger partial charge < -0.3 is 10.4 Å². The van der Waals surface area contributed by atoms with Crippen molar-refractivity contribution in [3.05, 3.63) is 57.6 Å². The highest BCUT2D eigenvalue weighted by Gasteiger charge is 2.08. The Morgan fingerprint density at radius 3 is 2.55 bits per heavy atom. The summed E-state index contributed by atoms with van der Waals surface area (Å²) in [6.07, 6.45) is 0.206. The Hall–Kier alpha value is -1.71. The van der Waals surface area contributed by atoms with Gasteiger partial charge in [-0.3, -0.25) is 4.79 Å². The lowest BCUT2D eigenvalue weighted by atomic mass is 10.1. The zero-order valence-corrected chi connectivity index (χ0v) is 12.3. The summed E-state index contributed by atoms with van der Waals surface area (Å²) in [5, 5.41) is 13.0. The molecular formula is C15H13Cl2NO2. The number of phenolic OH excluding ortho intramolecular Hbond substituents is 1. The molecule has 104 valence electrons. The number of rotatable bonds is 3. The minimum Gasteiger partial charge on any atom is -0.508 e. The van der Waals surface area contributed by atoms with E-state index in [2.05, 4.69) is 5.32 Å². The lowest BCUT2D eigenvalue weighted by Gasteiger charge is -2.09. The third-order valence-electron chi connectivity index (χ3n) is 2.83. The average molecular weight is 310 g/mol. The van der Waals surface area contributed by atoms with Crippen molar-refractivity contribution >= 4 is 34.8 Å². The first kappa shape index (κ1) is 14.7. The van der Waals surface area contributed by atoms with Crippen LogP contribution in [0.5, 0.6) is 5.75 Å². The Morgan fingerprint density at radius 2 is 1.90 bits per heavy atom. The predicted octanol–water partition coefficient (Wildman–Crippen LogP) is 4.19. The molecule has 0 aliphatic carbocycles. The maximum Gasteiger partial charge on any atom is 0.228 e. The van der Waals surface area contributed by atoms with E-state index in [9.17, 15) is 9.90 Å². The van der Waals surface area contributed by atoms with Crippen molar-refractivity contribution in [2.75, 3.05) is 5.32 Å². The van der Waals surface area contributed by atoms with Crippen molar-refractivity contribution in [2.45, 2.75) is 13.3 Å². The molecule has 0 fully saturated rings. The Kier molecular flexibility index (Phi) is 4.53. The van der Waals surface area contributed by atoms with Crippen molar-refractivity contribution < 1.29 is 9.90 Å². The lowest BCUT2D eigenvalue weighted by molar-refractivity contribution is -0.115. The van der Waals surface area contributed by atoms with Crippen molar-refractivity contribution in [1.82, 2.24) is 0 Å². The fourth-order valence-electron chi connectivity index (χ4n) is 1.82. The molecule has 0 unspecified atom stereocenters. The summed E-state index contributed by atoms with van der Waals surface area (Å²) < 4.78 is 0. The molecule has 0 saturated carbocycles. The summed E-state index contributed by atoms with van der Waals surface area (Å²) in [7, 11) is 0. The summed E-state index contributed by atoms with van der Waals surface area (Å²) >= 11 is 11.7. The Labute approximate surface area is 127 Å². The van der Waals surface area contributed by atoms with Crippen LogP contribution < -0.4 is 5.32 Å². The number of aryl methyl sites for hydroxylation is 1. The second kappa shape index (κ2) is 6.16. The molecule has 0 bridgehead atoms. The Balaban J connectivity index is 2.07. The van der Waals surface area contributed by atoms with Crippen molar-refractivity contribution in [2.24, 2.45) is 0 Å². The third-order valence-corrected chi connectivity index (χ3v) is 3.57. The number of aromatic hydroxyl groups is 1. The number of anilines is 1. The van der Waals surface area contributed by atoms with Crippen LogP contribution in [0.4, 0.5) is 5.69 Å². The molecular weight excluding hydrogens is 297 g/mol. The van der Waals surface area contributed by atoms with Crippen molar-refractivity contribution in [3.8, 4) is 5.75 Å². The molecule has 20 heavy (non-hydrogen) atoms. The van der Waals surface area contributed by atoms with Gasteiger partial charge in [-0.25, -0.2) is 0 Å². The molecule has 0 heterocycles. The first-order valence-corrected chi connectivity index (χ1v) is 6.74. The van der Waals surface area contributed by atoms with E-state index in [1.54, 1.807) is 30.3 Å². The van der Waals surface area contributed by atoms with Crippen LogP contribution in [0.1, 0.15) is 11.1 Å². The highest BCUT2D eigenvalue weighted by molar-refractivity contribution is 6.42. The third kappa shape index (κ3) is 3.65. The molecule has 0 atom stereocenters. The quantitative estimate of drug-likeness (QED) is 0.835. The van der Waals surface area contributed by atoms with Gasteiger partial charge in [0.05, 0.1) is 16.5 Å². The van der Waals surface area contributed by atoms with E-state index in [1.807, 2.05) is 6.92 Å². The number of amides is 1. The molecule has 1 amide bonds. The molecule has 0 radical (unpaired) electrons. The van der Waals surface area contributed by atoms with E-state index < -0.39 is 0 Å². The van der Waals surface area contributed by atoms with Gasteiger partial charge in [0, 0.05) is 5.69 Å². The van der Waals surface area contributed by atoms with Crippen LogP contribution >= 0.6 is 23.2 Å². The van der Waals surface area contributed by atoms with E-state index in [0.717, 1.165) is 11.1 Å². The first-order chi connectivity index (χ1) is 9.45. The lowest BCUT2D eigenvalue weighted by Crippen LogP contribution is -2.15. The summed E-state index contributed by atoms with van der Waals surface area (Å²) in [5.41, 5.74) is 2.26. The van der Waals surface area contributed by atoms with Crippen LogP contribution in [0.2, 0.25) is 10.0 Å². The molecule has 2 aromatic carbocycles. The summed E-state index contributed by atoms with van der Waals surface area (Å²) in [5.74, 6) is 0.0159. The second-order valence-electron chi connectivity index (χ2n) is 4.47. The topological polar surface area (TPSA) is 49.3 Å². The zero-order valence-electron chi connectivity index (χ0n) is 10.8. The molecule has 0 spiro atoms. The van der Waals surface area contributed by atoms with Gasteiger partial charge in [-0.1, -0.05) is 29.3 Å². The number of hydrogen-bond donors (Lipinski definition) is 2. The molecule has 5 heteroatoms. The number of hydrogen-bond acceptors (Lipinski definition) is 2. The minimum absolute atomic E-state index is 0.155. The first-order valence-electron chi connectivity index (χ1n) is 5.99. The molecule has 2 aromatic rings. The average Bonchev–Trinajstić information content (AvgIpc) is 2.37. The van der Waals surface area contributed by atoms with Gasteiger partial charge in [0.25, 0.3) is 0 Å². The minimum atomic E-state index is -0.155. The number of carbonyl (C=O) groups excluding carboxylic acids is 1. The maximum atomic E-state index is 12.0. The smallest absolute Gasteiger partial charge is 0.228 e. The van der Waals surface area contributed by atoms with Gasteiger partial charge in [0.2, 0.25) is 5.91 Å². The molecule has 0 aromatic heterocycles. The van der Waals surface area contributed by atoms with Crippen LogP contribution in [0.25, 0.3) is 0 Å². The summed E-state index contributed by atoms with van der Waals surface area (Å²) in [6.45, 7) is 1.81. The number of phenols is 1. The summed E-state index contributed by atoms with van der Waals surface area (Å²) in [6, 6.07) is 9.89. The van der Waals surface area contributed by atoms with E-state index in [4.69, 9.17) is 23.2 Å². The van der Waals surface area contributed by atoms with Gasteiger partial charge in [-0.05, 0) is 48.4 Å². The molecule has 0 saturated heterocycles. The van der Waals surface area contributed by atoms with E-state index in [1.165, 1.54) is 6.07 Å². The van der Waals surface area contributed by atoms with Gasteiger partial charge in [-0.15, -0.1) is 0 Å². The standard InChI is InChI=1S/C15H13Cl2NO2/c1-9-6-11(19)3-5-14(9)18-15(20)8-10-2-4-12(16)13(17)7-10/h2-7,19H,8H2,1H3,(H,18,20). The Bertz CT molecular complexity index is 656. The van der Waals surface area contributed by atoms with Gasteiger partial charge >= 0.3 is 0 Å². The molecule has 2 rings (SSSR count). The number of benzene rings is 2. The van der Waals surface area contributed by atoms with Crippen LogP contribution in [0.15, 0.2) is 36.4 Å². The highest BCUT2D eigenvalue weighted by Crippen LogP contribution is 2.23. The monoisotopic (exact) mass is 309 g/mol. The van der Waals surface area contributed by atoms with E-state index >= 15 is 0 Å². The van der Waals surface area contributed by atoms with Crippen LogP contribution in [-0.2, 0) is 11.2 Å². The van der Waals surface area contributed by atoms with E-state index in [-0.39, 0.29) is 18.1 Å². The number of carbonyl (C=O) groups is 1. The SMILES string of the molecule is Cc1cc(O)ccc1NC(=O)Cc1ccc(Cl)c(Cl)c1. The predicted molar refractivity (Wildman–Crippen MR) is 81.6 cm³/mol. The zero-order chi connectivity index (χ0) is 14.7.